The van der Waals surface area contributed by atoms with Crippen LogP contribution in [0.2, 0.25) is 0 Å². The summed E-state index contributed by atoms with van der Waals surface area (Å²) < 4.78 is 22.9. The summed E-state index contributed by atoms with van der Waals surface area (Å²) in [5.41, 5.74) is 1.04. The van der Waals surface area contributed by atoms with Crippen LogP contribution >= 0.6 is 0 Å². The smallest absolute Gasteiger partial charge is 0.153 e. The van der Waals surface area contributed by atoms with Crippen LogP contribution in [-0.4, -0.2) is 50.0 Å². The Kier molecular flexibility index (Phi) is 3.70. The molecule has 1 aliphatic rings. The van der Waals surface area contributed by atoms with E-state index in [1.165, 1.54) is 6.33 Å². The standard InChI is InChI=1S/C11H18N4O2S/c1-3-9-10(12-2)13-8-14-11(9)15-4-6-18(16,17)7-5-15/h8H,3-7H2,1-2H3,(H,12,13,14). The van der Waals surface area contributed by atoms with Crippen molar-refractivity contribution >= 4 is 21.5 Å². The number of sulfone groups is 1. The molecule has 0 radical (unpaired) electrons. The molecule has 100 valence electrons. The van der Waals surface area contributed by atoms with Gasteiger partial charge >= 0.3 is 0 Å². The number of nitrogens with one attached hydrogen (secondary N) is 1. The molecule has 1 aromatic heterocycles. The third kappa shape index (κ3) is 2.55. The Bertz CT molecular complexity index is 516. The van der Waals surface area contributed by atoms with E-state index in [4.69, 9.17) is 0 Å². The Morgan fingerprint density at radius 3 is 2.56 bits per heavy atom. The van der Waals surface area contributed by atoms with Gasteiger partial charge in [0.2, 0.25) is 0 Å². The van der Waals surface area contributed by atoms with Crippen LogP contribution in [0.3, 0.4) is 0 Å². The molecule has 0 saturated carbocycles. The van der Waals surface area contributed by atoms with Crippen LogP contribution in [0, 0.1) is 0 Å². The van der Waals surface area contributed by atoms with Crippen molar-refractivity contribution in [2.75, 3.05) is 41.9 Å². The maximum absolute atomic E-state index is 11.4. The summed E-state index contributed by atoms with van der Waals surface area (Å²) in [5.74, 6) is 2.08. The maximum Gasteiger partial charge on any atom is 0.153 e. The first-order valence-corrected chi connectivity index (χ1v) is 7.86. The highest BCUT2D eigenvalue weighted by molar-refractivity contribution is 7.91. The molecule has 0 unspecified atom stereocenters. The fourth-order valence-electron chi connectivity index (χ4n) is 2.14. The summed E-state index contributed by atoms with van der Waals surface area (Å²) in [7, 11) is -1.03. The van der Waals surface area contributed by atoms with E-state index < -0.39 is 9.84 Å². The molecule has 7 heteroatoms. The number of hydrogen-bond acceptors (Lipinski definition) is 6. The first kappa shape index (κ1) is 13.1. The fourth-order valence-corrected chi connectivity index (χ4v) is 3.34. The Balaban J connectivity index is 2.29. The molecule has 2 rings (SSSR count). The molecule has 2 heterocycles. The second kappa shape index (κ2) is 5.09. The molecule has 0 aliphatic carbocycles. The van der Waals surface area contributed by atoms with Crippen LogP contribution in [-0.2, 0) is 16.3 Å². The van der Waals surface area contributed by atoms with Gasteiger partial charge in [-0.1, -0.05) is 6.92 Å². The minimum absolute atomic E-state index is 0.203. The van der Waals surface area contributed by atoms with Gasteiger partial charge in [0.25, 0.3) is 0 Å². The molecule has 0 bridgehead atoms. The number of nitrogens with zero attached hydrogens (tertiary/aromatic N) is 3. The van der Waals surface area contributed by atoms with Crippen molar-refractivity contribution in [3.8, 4) is 0 Å². The van der Waals surface area contributed by atoms with Crippen molar-refractivity contribution in [3.63, 3.8) is 0 Å². The van der Waals surface area contributed by atoms with Gasteiger partial charge < -0.3 is 10.2 Å². The van der Waals surface area contributed by atoms with Gasteiger partial charge in [0, 0.05) is 25.7 Å². The lowest BCUT2D eigenvalue weighted by molar-refractivity contribution is 0.586. The minimum atomic E-state index is -2.86. The van der Waals surface area contributed by atoms with Crippen molar-refractivity contribution in [3.05, 3.63) is 11.9 Å². The van der Waals surface area contributed by atoms with E-state index in [1.807, 2.05) is 18.9 Å². The average molecular weight is 270 g/mol. The third-order valence-corrected chi connectivity index (χ3v) is 4.77. The molecule has 1 aliphatic heterocycles. The zero-order valence-electron chi connectivity index (χ0n) is 10.7. The summed E-state index contributed by atoms with van der Waals surface area (Å²) in [6.07, 6.45) is 2.33. The molecule has 0 amide bonds. The Morgan fingerprint density at radius 2 is 2.00 bits per heavy atom. The molecule has 0 aromatic carbocycles. The highest BCUT2D eigenvalue weighted by Crippen LogP contribution is 2.24. The van der Waals surface area contributed by atoms with Crippen LogP contribution in [0.25, 0.3) is 0 Å². The predicted molar refractivity (Wildman–Crippen MR) is 71.8 cm³/mol. The van der Waals surface area contributed by atoms with Gasteiger partial charge in [-0.15, -0.1) is 0 Å². The summed E-state index contributed by atoms with van der Waals surface area (Å²) in [4.78, 5) is 10.5. The van der Waals surface area contributed by atoms with E-state index in [2.05, 4.69) is 15.3 Å². The van der Waals surface area contributed by atoms with Gasteiger partial charge in [0.15, 0.2) is 9.84 Å². The van der Waals surface area contributed by atoms with Crippen LogP contribution in [0.1, 0.15) is 12.5 Å². The molecular formula is C11H18N4O2S. The lowest BCUT2D eigenvalue weighted by Gasteiger charge is -2.29. The molecule has 0 spiro atoms. The van der Waals surface area contributed by atoms with E-state index in [9.17, 15) is 8.42 Å². The highest BCUT2D eigenvalue weighted by atomic mass is 32.2. The molecule has 6 nitrogen and oxygen atoms in total. The first-order chi connectivity index (χ1) is 8.57. The van der Waals surface area contributed by atoms with Gasteiger partial charge in [0.1, 0.15) is 18.0 Å². The minimum Gasteiger partial charge on any atom is -0.373 e. The summed E-state index contributed by atoms with van der Waals surface area (Å²) >= 11 is 0. The topological polar surface area (TPSA) is 75.2 Å². The van der Waals surface area contributed by atoms with Gasteiger partial charge in [-0.05, 0) is 6.42 Å². The Labute approximate surface area is 107 Å². The molecular weight excluding hydrogens is 252 g/mol. The van der Waals surface area contributed by atoms with Gasteiger partial charge in [-0.25, -0.2) is 18.4 Å². The van der Waals surface area contributed by atoms with E-state index in [0.717, 1.165) is 23.6 Å². The zero-order chi connectivity index (χ0) is 13.2. The van der Waals surface area contributed by atoms with Gasteiger partial charge in [-0.2, -0.15) is 0 Å². The van der Waals surface area contributed by atoms with Crippen LogP contribution in [0.4, 0.5) is 11.6 Å². The van der Waals surface area contributed by atoms with E-state index in [1.54, 1.807) is 0 Å². The van der Waals surface area contributed by atoms with Gasteiger partial charge in [-0.3, -0.25) is 0 Å². The predicted octanol–water partition coefficient (Wildman–Crippen LogP) is 0.315. The lowest BCUT2D eigenvalue weighted by atomic mass is 10.2. The second-order valence-corrected chi connectivity index (χ2v) is 6.57. The second-order valence-electron chi connectivity index (χ2n) is 4.27. The van der Waals surface area contributed by atoms with Crippen molar-refractivity contribution in [2.45, 2.75) is 13.3 Å². The molecule has 1 saturated heterocycles. The highest BCUT2D eigenvalue weighted by Gasteiger charge is 2.24. The Morgan fingerprint density at radius 1 is 1.33 bits per heavy atom. The largest absolute Gasteiger partial charge is 0.373 e. The molecule has 1 aromatic rings. The van der Waals surface area contributed by atoms with Crippen molar-refractivity contribution in [1.29, 1.82) is 0 Å². The number of aromatic nitrogens is 2. The average Bonchev–Trinajstić information content (AvgIpc) is 2.37. The molecule has 1 fully saturated rings. The van der Waals surface area contributed by atoms with E-state index >= 15 is 0 Å². The lowest BCUT2D eigenvalue weighted by Crippen LogP contribution is -2.41. The van der Waals surface area contributed by atoms with Gasteiger partial charge in [0.05, 0.1) is 11.5 Å². The van der Waals surface area contributed by atoms with E-state index in [-0.39, 0.29) is 11.5 Å². The summed E-state index contributed by atoms with van der Waals surface area (Å²) in [6, 6.07) is 0. The molecule has 1 N–H and O–H groups in total. The zero-order valence-corrected chi connectivity index (χ0v) is 11.5. The van der Waals surface area contributed by atoms with Crippen LogP contribution in [0.15, 0.2) is 6.33 Å². The Hall–Kier alpha value is -1.37. The molecule has 18 heavy (non-hydrogen) atoms. The maximum atomic E-state index is 11.4. The SMILES string of the molecule is CCc1c(NC)ncnc1N1CCS(=O)(=O)CC1. The monoisotopic (exact) mass is 270 g/mol. The molecule has 0 atom stereocenters. The number of rotatable bonds is 3. The van der Waals surface area contributed by atoms with Crippen molar-refractivity contribution in [1.82, 2.24) is 9.97 Å². The summed E-state index contributed by atoms with van der Waals surface area (Å²) in [6.45, 7) is 3.06. The van der Waals surface area contributed by atoms with Crippen LogP contribution < -0.4 is 10.2 Å². The quantitative estimate of drug-likeness (QED) is 0.852. The van der Waals surface area contributed by atoms with Crippen molar-refractivity contribution in [2.24, 2.45) is 0 Å². The summed E-state index contributed by atoms with van der Waals surface area (Å²) in [5, 5.41) is 3.05. The normalized spacial score (nSPS) is 18.7. The van der Waals surface area contributed by atoms with Crippen LogP contribution in [0.5, 0.6) is 0 Å². The van der Waals surface area contributed by atoms with E-state index in [0.29, 0.717) is 13.1 Å². The third-order valence-electron chi connectivity index (χ3n) is 3.16. The fraction of sp³-hybridized carbons (Fsp3) is 0.636. The van der Waals surface area contributed by atoms with Crippen molar-refractivity contribution < 1.29 is 8.42 Å². The number of hydrogen-bond donors (Lipinski definition) is 1. The first-order valence-electron chi connectivity index (χ1n) is 6.04. The number of anilines is 2.